The molecule has 2 rings (SSSR count). The van der Waals surface area contributed by atoms with Crippen LogP contribution in [0.2, 0.25) is 0 Å². The Morgan fingerprint density at radius 1 is 1.22 bits per heavy atom. The molecule has 4 nitrogen and oxygen atoms in total. The number of rotatable bonds is 3. The Morgan fingerprint density at radius 2 is 1.89 bits per heavy atom. The minimum Gasteiger partial charge on any atom is -0.481 e. The molecule has 0 aliphatic heterocycles. The molecule has 0 unspecified atom stereocenters. The molecule has 0 heterocycles. The van der Waals surface area contributed by atoms with Gasteiger partial charge in [-0.15, -0.1) is 0 Å². The molecule has 0 spiro atoms. The molecule has 96 valence electrons. The fourth-order valence-corrected chi connectivity index (χ4v) is 2.24. The van der Waals surface area contributed by atoms with Gasteiger partial charge in [0.05, 0.1) is 11.6 Å². The number of aliphatic carboxylic acids is 1. The molecule has 1 aliphatic carbocycles. The van der Waals surface area contributed by atoms with Crippen molar-refractivity contribution >= 4 is 17.6 Å². The smallest absolute Gasteiger partial charge is 0.306 e. The fraction of sp³-hybridized carbons (Fsp3) is 0.385. The second-order valence-corrected chi connectivity index (χ2v) is 4.51. The Morgan fingerprint density at radius 3 is 2.50 bits per heavy atom. The van der Waals surface area contributed by atoms with Crippen molar-refractivity contribution in [3.8, 4) is 0 Å². The summed E-state index contributed by atoms with van der Waals surface area (Å²) in [4.78, 5) is 22.7. The number of anilines is 1. The van der Waals surface area contributed by atoms with Crippen molar-refractivity contribution in [2.45, 2.75) is 19.3 Å². The van der Waals surface area contributed by atoms with Crippen LogP contribution in [0, 0.1) is 17.7 Å². The lowest BCUT2D eigenvalue weighted by molar-refractivity contribution is -0.141. The largest absolute Gasteiger partial charge is 0.481 e. The van der Waals surface area contributed by atoms with Crippen molar-refractivity contribution in [3.63, 3.8) is 0 Å². The number of carboxylic acids is 1. The average Bonchev–Trinajstić information content (AvgIpc) is 2.81. The van der Waals surface area contributed by atoms with Crippen LogP contribution in [0.1, 0.15) is 19.3 Å². The zero-order valence-corrected chi connectivity index (χ0v) is 9.73. The molecule has 0 bridgehead atoms. The van der Waals surface area contributed by atoms with E-state index < -0.39 is 17.7 Å². The van der Waals surface area contributed by atoms with Crippen molar-refractivity contribution in [3.05, 3.63) is 30.1 Å². The standard InChI is InChI=1S/C13H14FNO3/c14-10-3-1-2-4-11(10)15-12(16)8-5-6-9(7-8)13(17)18/h1-4,8-9H,5-7H2,(H,15,16)(H,17,18)/t8-,9+/m1/s1. The summed E-state index contributed by atoms with van der Waals surface area (Å²) in [7, 11) is 0. The van der Waals surface area contributed by atoms with E-state index in [4.69, 9.17) is 5.11 Å². The highest BCUT2D eigenvalue weighted by molar-refractivity contribution is 5.93. The maximum atomic E-state index is 13.3. The molecule has 2 N–H and O–H groups in total. The second-order valence-electron chi connectivity index (χ2n) is 4.51. The minimum absolute atomic E-state index is 0.140. The van der Waals surface area contributed by atoms with E-state index in [1.54, 1.807) is 12.1 Å². The van der Waals surface area contributed by atoms with Gasteiger partial charge in [-0.2, -0.15) is 0 Å². The van der Waals surface area contributed by atoms with E-state index in [0.717, 1.165) is 0 Å². The van der Waals surface area contributed by atoms with Crippen molar-refractivity contribution in [2.75, 3.05) is 5.32 Å². The molecule has 0 aromatic heterocycles. The van der Waals surface area contributed by atoms with Crippen LogP contribution in [-0.4, -0.2) is 17.0 Å². The van der Waals surface area contributed by atoms with Crippen LogP contribution in [0.5, 0.6) is 0 Å². The van der Waals surface area contributed by atoms with Gasteiger partial charge in [0.2, 0.25) is 5.91 Å². The molecule has 1 aromatic carbocycles. The predicted octanol–water partition coefficient (Wildman–Crippen LogP) is 2.27. The Labute approximate surface area is 104 Å². The number of para-hydroxylation sites is 1. The van der Waals surface area contributed by atoms with E-state index in [-0.39, 0.29) is 17.5 Å². The molecule has 1 amide bonds. The quantitative estimate of drug-likeness (QED) is 0.866. The number of benzene rings is 1. The number of carbonyl (C=O) groups excluding carboxylic acids is 1. The van der Waals surface area contributed by atoms with Crippen LogP contribution in [0.25, 0.3) is 0 Å². The van der Waals surface area contributed by atoms with Crippen molar-refractivity contribution in [2.24, 2.45) is 11.8 Å². The first kappa shape index (κ1) is 12.5. The molecule has 18 heavy (non-hydrogen) atoms. The zero-order chi connectivity index (χ0) is 13.1. The fourth-order valence-electron chi connectivity index (χ4n) is 2.24. The predicted molar refractivity (Wildman–Crippen MR) is 63.5 cm³/mol. The van der Waals surface area contributed by atoms with E-state index in [1.165, 1.54) is 12.1 Å². The lowest BCUT2D eigenvalue weighted by Crippen LogP contribution is -2.22. The molecular weight excluding hydrogens is 237 g/mol. The van der Waals surface area contributed by atoms with Gasteiger partial charge in [0.1, 0.15) is 5.82 Å². The number of hydrogen-bond acceptors (Lipinski definition) is 2. The molecule has 0 radical (unpaired) electrons. The van der Waals surface area contributed by atoms with E-state index in [1.807, 2.05) is 0 Å². The summed E-state index contributed by atoms with van der Waals surface area (Å²) < 4.78 is 13.3. The van der Waals surface area contributed by atoms with Gasteiger partial charge in [0.25, 0.3) is 0 Å². The average molecular weight is 251 g/mol. The third-order valence-electron chi connectivity index (χ3n) is 3.28. The Kier molecular flexibility index (Phi) is 3.60. The maximum Gasteiger partial charge on any atom is 0.306 e. The highest BCUT2D eigenvalue weighted by Gasteiger charge is 2.33. The second kappa shape index (κ2) is 5.16. The molecular formula is C13H14FNO3. The molecule has 1 fully saturated rings. The van der Waals surface area contributed by atoms with Gasteiger partial charge >= 0.3 is 5.97 Å². The SMILES string of the molecule is O=C(O)[C@H]1CC[C@@H](C(=O)Nc2ccccc2F)C1. The van der Waals surface area contributed by atoms with Gasteiger partial charge in [0.15, 0.2) is 0 Å². The van der Waals surface area contributed by atoms with Gasteiger partial charge in [-0.3, -0.25) is 9.59 Å². The van der Waals surface area contributed by atoms with Gasteiger partial charge in [-0.05, 0) is 31.4 Å². The summed E-state index contributed by atoms with van der Waals surface area (Å²) in [5, 5.41) is 11.4. The topological polar surface area (TPSA) is 66.4 Å². The number of carboxylic acid groups (broad SMARTS) is 1. The summed E-state index contributed by atoms with van der Waals surface area (Å²) in [5.41, 5.74) is 0.140. The molecule has 1 aromatic rings. The van der Waals surface area contributed by atoms with E-state index in [9.17, 15) is 14.0 Å². The first-order valence-electron chi connectivity index (χ1n) is 5.86. The van der Waals surface area contributed by atoms with Crippen molar-refractivity contribution < 1.29 is 19.1 Å². The maximum absolute atomic E-state index is 13.3. The van der Waals surface area contributed by atoms with E-state index in [2.05, 4.69) is 5.32 Å². The summed E-state index contributed by atoms with van der Waals surface area (Å²) >= 11 is 0. The number of hydrogen-bond donors (Lipinski definition) is 2. The first-order valence-corrected chi connectivity index (χ1v) is 5.86. The van der Waals surface area contributed by atoms with E-state index in [0.29, 0.717) is 19.3 Å². The number of halogens is 1. The number of carbonyl (C=O) groups is 2. The van der Waals surface area contributed by atoms with Crippen LogP contribution in [-0.2, 0) is 9.59 Å². The highest BCUT2D eigenvalue weighted by atomic mass is 19.1. The Hall–Kier alpha value is -1.91. The summed E-state index contributed by atoms with van der Waals surface area (Å²) in [6, 6.07) is 5.93. The third kappa shape index (κ3) is 2.67. The highest BCUT2D eigenvalue weighted by Crippen LogP contribution is 2.32. The normalized spacial score (nSPS) is 22.7. The minimum atomic E-state index is -0.865. The third-order valence-corrected chi connectivity index (χ3v) is 3.28. The van der Waals surface area contributed by atoms with Gasteiger partial charge in [-0.25, -0.2) is 4.39 Å². The van der Waals surface area contributed by atoms with Gasteiger partial charge in [0, 0.05) is 5.92 Å². The molecule has 2 atom stereocenters. The van der Waals surface area contributed by atoms with Gasteiger partial charge < -0.3 is 10.4 Å². The van der Waals surface area contributed by atoms with Crippen LogP contribution < -0.4 is 5.32 Å². The Bertz CT molecular complexity index is 475. The monoisotopic (exact) mass is 251 g/mol. The summed E-state index contributed by atoms with van der Waals surface area (Å²) in [5.74, 6) is -2.45. The molecule has 0 saturated heterocycles. The Balaban J connectivity index is 1.98. The summed E-state index contributed by atoms with van der Waals surface area (Å²) in [6.07, 6.45) is 1.37. The lowest BCUT2D eigenvalue weighted by atomic mass is 10.0. The first-order chi connectivity index (χ1) is 8.58. The zero-order valence-electron chi connectivity index (χ0n) is 9.73. The lowest BCUT2D eigenvalue weighted by Gasteiger charge is -2.11. The molecule has 1 saturated carbocycles. The molecule has 1 aliphatic rings. The van der Waals surface area contributed by atoms with Crippen LogP contribution >= 0.6 is 0 Å². The number of nitrogens with one attached hydrogen (secondary N) is 1. The van der Waals surface area contributed by atoms with Crippen molar-refractivity contribution in [1.82, 2.24) is 0 Å². The summed E-state index contributed by atoms with van der Waals surface area (Å²) in [6.45, 7) is 0. The van der Waals surface area contributed by atoms with Crippen LogP contribution in [0.3, 0.4) is 0 Å². The van der Waals surface area contributed by atoms with Crippen molar-refractivity contribution in [1.29, 1.82) is 0 Å². The van der Waals surface area contributed by atoms with Crippen LogP contribution in [0.15, 0.2) is 24.3 Å². The molecule has 5 heteroatoms. The number of amides is 1. The van der Waals surface area contributed by atoms with E-state index >= 15 is 0 Å². The van der Waals surface area contributed by atoms with Gasteiger partial charge in [-0.1, -0.05) is 12.1 Å². The van der Waals surface area contributed by atoms with Crippen LogP contribution in [0.4, 0.5) is 10.1 Å².